The SMILES string of the molecule is N#CCc1cc(C(F)F)c(CBr)c(Cl)n1. The van der Waals surface area contributed by atoms with Crippen molar-refractivity contribution in [2.24, 2.45) is 0 Å². The van der Waals surface area contributed by atoms with Crippen molar-refractivity contribution in [1.29, 1.82) is 5.26 Å². The first-order valence-electron chi connectivity index (χ1n) is 3.99. The standard InChI is InChI=1S/C9H6BrClF2N2/c10-4-7-6(9(12)13)3-5(1-2-14)15-8(7)11/h3,9H,1,4H2. The lowest BCUT2D eigenvalue weighted by molar-refractivity contribution is 0.150. The summed E-state index contributed by atoms with van der Waals surface area (Å²) in [7, 11) is 0. The molecule has 2 nitrogen and oxygen atoms in total. The minimum absolute atomic E-state index is 0.0231. The van der Waals surface area contributed by atoms with E-state index in [0.717, 1.165) is 0 Å². The van der Waals surface area contributed by atoms with Crippen LogP contribution in [0.1, 0.15) is 23.2 Å². The molecule has 0 amide bonds. The summed E-state index contributed by atoms with van der Waals surface area (Å²) in [5.74, 6) is 0. The molecule has 80 valence electrons. The van der Waals surface area contributed by atoms with Crippen molar-refractivity contribution in [3.63, 3.8) is 0 Å². The van der Waals surface area contributed by atoms with Crippen molar-refractivity contribution in [1.82, 2.24) is 4.98 Å². The van der Waals surface area contributed by atoms with Crippen molar-refractivity contribution >= 4 is 27.5 Å². The second-order valence-corrected chi connectivity index (χ2v) is 3.66. The van der Waals surface area contributed by atoms with Gasteiger partial charge in [0.15, 0.2) is 0 Å². The second kappa shape index (κ2) is 5.38. The molecule has 6 heteroatoms. The van der Waals surface area contributed by atoms with Gasteiger partial charge in [0.1, 0.15) is 5.15 Å². The lowest BCUT2D eigenvalue weighted by Gasteiger charge is -2.09. The first-order valence-corrected chi connectivity index (χ1v) is 5.49. The summed E-state index contributed by atoms with van der Waals surface area (Å²) in [4.78, 5) is 3.86. The van der Waals surface area contributed by atoms with Crippen LogP contribution in [-0.2, 0) is 11.8 Å². The summed E-state index contributed by atoms with van der Waals surface area (Å²) in [5.41, 5.74) is 0.369. The zero-order chi connectivity index (χ0) is 11.4. The fourth-order valence-electron chi connectivity index (χ4n) is 1.11. The number of pyridine rings is 1. The predicted octanol–water partition coefficient (Wildman–Crippen LogP) is 3.63. The molecular weight excluding hydrogens is 289 g/mol. The van der Waals surface area contributed by atoms with E-state index in [1.54, 1.807) is 0 Å². The fraction of sp³-hybridized carbons (Fsp3) is 0.333. The molecule has 0 N–H and O–H groups in total. The fourth-order valence-corrected chi connectivity index (χ4v) is 2.15. The molecule has 0 fully saturated rings. The molecule has 0 unspecified atom stereocenters. The van der Waals surface area contributed by atoms with E-state index in [-0.39, 0.29) is 33.7 Å². The van der Waals surface area contributed by atoms with E-state index in [1.165, 1.54) is 6.07 Å². The maximum atomic E-state index is 12.6. The van der Waals surface area contributed by atoms with E-state index >= 15 is 0 Å². The van der Waals surface area contributed by atoms with E-state index in [0.29, 0.717) is 0 Å². The molecule has 0 aliphatic carbocycles. The summed E-state index contributed by atoms with van der Waals surface area (Å²) < 4.78 is 25.2. The molecule has 1 aromatic heterocycles. The number of rotatable bonds is 3. The van der Waals surface area contributed by atoms with Gasteiger partial charge in [-0.3, -0.25) is 0 Å². The highest BCUT2D eigenvalue weighted by Crippen LogP contribution is 2.29. The molecule has 1 aromatic rings. The van der Waals surface area contributed by atoms with Gasteiger partial charge >= 0.3 is 0 Å². The minimum Gasteiger partial charge on any atom is -0.240 e. The van der Waals surface area contributed by atoms with Gasteiger partial charge in [0.25, 0.3) is 6.43 Å². The van der Waals surface area contributed by atoms with E-state index in [4.69, 9.17) is 16.9 Å². The van der Waals surface area contributed by atoms with Crippen LogP contribution in [0.2, 0.25) is 5.15 Å². The number of halogens is 4. The Kier molecular flexibility index (Phi) is 4.43. The zero-order valence-corrected chi connectivity index (χ0v) is 9.82. The molecule has 0 radical (unpaired) electrons. The lowest BCUT2D eigenvalue weighted by Crippen LogP contribution is -2.00. The van der Waals surface area contributed by atoms with E-state index in [1.807, 2.05) is 6.07 Å². The maximum absolute atomic E-state index is 12.6. The highest BCUT2D eigenvalue weighted by atomic mass is 79.9. The molecule has 0 aromatic carbocycles. The Balaban J connectivity index is 3.27. The van der Waals surface area contributed by atoms with Crippen molar-refractivity contribution in [2.45, 2.75) is 18.2 Å². The van der Waals surface area contributed by atoms with Gasteiger partial charge in [-0.25, -0.2) is 13.8 Å². The smallest absolute Gasteiger partial charge is 0.240 e. The molecule has 0 aliphatic heterocycles. The largest absolute Gasteiger partial charge is 0.264 e. The van der Waals surface area contributed by atoms with Gasteiger partial charge in [0.05, 0.1) is 18.2 Å². The maximum Gasteiger partial charge on any atom is 0.264 e. The molecule has 0 saturated heterocycles. The summed E-state index contributed by atoms with van der Waals surface area (Å²) in [6.07, 6.45) is -2.64. The lowest BCUT2D eigenvalue weighted by atomic mass is 10.1. The molecule has 0 bridgehead atoms. The first kappa shape index (κ1) is 12.3. The molecule has 0 saturated carbocycles. The van der Waals surface area contributed by atoms with E-state index in [9.17, 15) is 8.78 Å². The van der Waals surface area contributed by atoms with Crippen LogP contribution in [0.25, 0.3) is 0 Å². The van der Waals surface area contributed by atoms with Crippen LogP contribution in [0.15, 0.2) is 6.07 Å². The number of hydrogen-bond donors (Lipinski definition) is 0. The van der Waals surface area contributed by atoms with Gasteiger partial charge in [-0.15, -0.1) is 0 Å². The highest BCUT2D eigenvalue weighted by molar-refractivity contribution is 9.08. The predicted molar refractivity (Wildman–Crippen MR) is 56.2 cm³/mol. The zero-order valence-electron chi connectivity index (χ0n) is 7.48. The third kappa shape index (κ3) is 2.86. The van der Waals surface area contributed by atoms with E-state index < -0.39 is 6.43 Å². The average molecular weight is 296 g/mol. The van der Waals surface area contributed by atoms with Crippen molar-refractivity contribution in [3.8, 4) is 6.07 Å². The Labute approximate surface area is 99.0 Å². The van der Waals surface area contributed by atoms with Crippen molar-refractivity contribution in [2.75, 3.05) is 0 Å². The molecule has 1 rings (SSSR count). The van der Waals surface area contributed by atoms with Gasteiger partial charge in [-0.05, 0) is 6.07 Å². The van der Waals surface area contributed by atoms with Gasteiger partial charge in [0.2, 0.25) is 0 Å². The van der Waals surface area contributed by atoms with Gasteiger partial charge in [-0.1, -0.05) is 27.5 Å². The minimum atomic E-state index is -2.62. The Morgan fingerprint density at radius 1 is 1.60 bits per heavy atom. The van der Waals surface area contributed by atoms with Gasteiger partial charge < -0.3 is 0 Å². The van der Waals surface area contributed by atoms with Crippen LogP contribution in [0.4, 0.5) is 8.78 Å². The summed E-state index contributed by atoms with van der Waals surface area (Å²) in [6.45, 7) is 0. The van der Waals surface area contributed by atoms with Crippen molar-refractivity contribution < 1.29 is 8.78 Å². The number of aromatic nitrogens is 1. The monoisotopic (exact) mass is 294 g/mol. The summed E-state index contributed by atoms with van der Waals surface area (Å²) in [5, 5.41) is 8.67. The van der Waals surface area contributed by atoms with Crippen LogP contribution in [-0.4, -0.2) is 4.98 Å². The van der Waals surface area contributed by atoms with Crippen LogP contribution >= 0.6 is 27.5 Å². The quantitative estimate of drug-likeness (QED) is 0.630. The molecule has 1 heterocycles. The van der Waals surface area contributed by atoms with Gasteiger partial charge in [-0.2, -0.15) is 5.26 Å². The first-order chi connectivity index (χ1) is 7.10. The second-order valence-electron chi connectivity index (χ2n) is 2.74. The van der Waals surface area contributed by atoms with Crippen LogP contribution < -0.4 is 0 Å². The molecule has 0 atom stereocenters. The number of nitrogens with zero attached hydrogens (tertiary/aromatic N) is 2. The van der Waals surface area contributed by atoms with Crippen LogP contribution in [0.5, 0.6) is 0 Å². The van der Waals surface area contributed by atoms with Gasteiger partial charge in [0, 0.05) is 16.5 Å². The topological polar surface area (TPSA) is 36.7 Å². The van der Waals surface area contributed by atoms with Crippen LogP contribution in [0, 0.1) is 11.3 Å². The normalized spacial score (nSPS) is 10.4. The number of alkyl halides is 3. The Bertz CT molecular complexity index is 404. The number of nitriles is 1. The third-order valence-corrected chi connectivity index (χ3v) is 2.66. The van der Waals surface area contributed by atoms with Crippen molar-refractivity contribution in [3.05, 3.63) is 28.0 Å². The molecular formula is C9H6BrClF2N2. The van der Waals surface area contributed by atoms with Crippen LogP contribution in [0.3, 0.4) is 0 Å². The molecule has 0 aliphatic rings. The average Bonchev–Trinajstić information content (AvgIpc) is 2.17. The van der Waals surface area contributed by atoms with E-state index in [2.05, 4.69) is 20.9 Å². The number of hydrogen-bond acceptors (Lipinski definition) is 2. The third-order valence-electron chi connectivity index (χ3n) is 1.79. The molecule has 0 spiro atoms. The Morgan fingerprint density at radius 2 is 2.27 bits per heavy atom. The summed E-state index contributed by atoms with van der Waals surface area (Å²) in [6, 6.07) is 3.06. The summed E-state index contributed by atoms with van der Waals surface area (Å²) >= 11 is 8.80. The Hall–Kier alpha value is -0.730. The Morgan fingerprint density at radius 3 is 2.73 bits per heavy atom. The molecule has 15 heavy (non-hydrogen) atoms. The highest BCUT2D eigenvalue weighted by Gasteiger charge is 2.17.